The fraction of sp³-hybridized carbons (Fsp3) is 0.579. The molecular weight excluding hydrogens is 386 g/mol. The Morgan fingerprint density at radius 2 is 1.96 bits per heavy atom. The molecule has 27 heavy (non-hydrogen) atoms. The van der Waals surface area contributed by atoms with Gasteiger partial charge in [-0.3, -0.25) is 4.79 Å². The fourth-order valence-corrected chi connectivity index (χ4v) is 3.16. The van der Waals surface area contributed by atoms with Gasteiger partial charge in [-0.15, -0.1) is 23.2 Å². The van der Waals surface area contributed by atoms with Crippen LogP contribution in [-0.4, -0.2) is 56.1 Å². The minimum atomic E-state index is -0.532. The number of hydrogen-bond acceptors (Lipinski definition) is 5. The van der Waals surface area contributed by atoms with Gasteiger partial charge in [0.2, 0.25) is 0 Å². The first-order valence-electron chi connectivity index (χ1n) is 9.13. The van der Waals surface area contributed by atoms with Crippen molar-refractivity contribution in [1.29, 1.82) is 0 Å². The van der Waals surface area contributed by atoms with E-state index < -0.39 is 5.60 Å². The number of carbonyl (C=O) groups excluding carboxylic acids is 2. The second-order valence-corrected chi connectivity index (χ2v) is 8.06. The molecule has 0 bridgehead atoms. The molecule has 0 heterocycles. The second-order valence-electron chi connectivity index (χ2n) is 7.30. The van der Waals surface area contributed by atoms with Crippen LogP contribution < -0.4 is 10.1 Å². The monoisotopic (exact) mass is 414 g/mol. The van der Waals surface area contributed by atoms with Gasteiger partial charge < -0.3 is 19.7 Å². The molecule has 150 valence electrons. The summed E-state index contributed by atoms with van der Waals surface area (Å²) in [6, 6.07) is 7.89. The van der Waals surface area contributed by atoms with E-state index in [9.17, 15) is 9.59 Å². The summed E-state index contributed by atoms with van der Waals surface area (Å²) in [5.41, 5.74) is 1.57. The zero-order chi connectivity index (χ0) is 20.3. The highest BCUT2D eigenvalue weighted by atomic mass is 35.5. The van der Waals surface area contributed by atoms with Crippen LogP contribution in [0.15, 0.2) is 24.3 Å². The van der Waals surface area contributed by atoms with Crippen molar-refractivity contribution in [2.24, 2.45) is 0 Å². The maximum absolute atomic E-state index is 12.2. The molecule has 0 saturated heterocycles. The Balaban J connectivity index is 2.86. The molecule has 1 aromatic carbocycles. The van der Waals surface area contributed by atoms with E-state index in [1.54, 1.807) is 0 Å². The van der Waals surface area contributed by atoms with Crippen molar-refractivity contribution in [1.82, 2.24) is 5.23 Å². The van der Waals surface area contributed by atoms with Crippen LogP contribution in [0.25, 0.3) is 0 Å². The molecule has 0 amide bonds. The third-order valence-corrected chi connectivity index (χ3v) is 4.13. The number of nitrogens with zero attached hydrogens (tertiary/aromatic N) is 1. The van der Waals surface area contributed by atoms with E-state index in [1.807, 2.05) is 39.0 Å². The lowest BCUT2D eigenvalue weighted by atomic mass is 9.92. The molecule has 1 N–H and O–H groups in total. The van der Waals surface area contributed by atoms with Crippen LogP contribution in [0.4, 0.5) is 5.69 Å². The van der Waals surface area contributed by atoms with Gasteiger partial charge in [0.05, 0.1) is 12.6 Å². The molecule has 1 atom stereocenters. The third-order valence-electron chi connectivity index (χ3n) is 3.79. The lowest BCUT2D eigenvalue weighted by molar-refractivity contribution is -0.155. The van der Waals surface area contributed by atoms with Gasteiger partial charge in [-0.2, -0.15) is 0 Å². The Labute approximate surface area is 173 Å². The van der Waals surface area contributed by atoms with Crippen LogP contribution in [0.2, 0.25) is 0 Å². The fourth-order valence-electron chi connectivity index (χ4n) is 2.75. The molecule has 0 aromatic heterocycles. The van der Waals surface area contributed by atoms with Gasteiger partial charge >= 0.3 is 5.97 Å². The molecule has 1 aromatic rings. The molecule has 0 radical (unpaired) electrons. The Bertz CT molecular complexity index is 591. The highest BCUT2D eigenvalue weighted by Gasteiger charge is 2.21. The average Bonchev–Trinajstić information content (AvgIpc) is 2.58. The lowest BCUT2D eigenvalue weighted by Crippen LogP contribution is -2.38. The van der Waals surface area contributed by atoms with E-state index in [1.165, 1.54) is 0 Å². The minimum Gasteiger partial charge on any atom is -0.460 e. The Morgan fingerprint density at radius 3 is 2.52 bits per heavy atom. The number of hydrogen-bond donors (Lipinski definition) is 1. The summed E-state index contributed by atoms with van der Waals surface area (Å²) in [6.45, 7) is 6.94. The quantitative estimate of drug-likeness (QED) is 0.246. The van der Waals surface area contributed by atoms with E-state index in [2.05, 4.69) is 16.2 Å². The molecule has 0 unspecified atom stereocenters. The van der Waals surface area contributed by atoms with Gasteiger partial charge in [0.25, 0.3) is 7.41 Å². The molecule has 0 fully saturated rings. The standard InChI is InChI=1S/C19H29BCl2N2O3/c1-19(2,3)27-18(26)13-16(23-20-14-25)11-15-5-4-6-17(12-15)24(9-7-21)10-8-22/h4-6,12,14,16,20,23H,7-11,13H2,1-3H3/t16-/m1/s1. The van der Waals surface area contributed by atoms with Gasteiger partial charge in [0.15, 0.2) is 0 Å². The van der Waals surface area contributed by atoms with Crippen molar-refractivity contribution in [2.75, 3.05) is 29.7 Å². The molecule has 8 heteroatoms. The maximum Gasteiger partial charge on any atom is 0.307 e. The average molecular weight is 415 g/mol. The van der Waals surface area contributed by atoms with Crippen LogP contribution >= 0.6 is 23.2 Å². The summed E-state index contributed by atoms with van der Waals surface area (Å²) in [6.07, 6.45) is 1.60. The van der Waals surface area contributed by atoms with Gasteiger partial charge in [0.1, 0.15) is 5.60 Å². The predicted molar refractivity (Wildman–Crippen MR) is 115 cm³/mol. The molecule has 0 spiro atoms. The van der Waals surface area contributed by atoms with Crippen LogP contribution in [-0.2, 0) is 20.7 Å². The molecule has 0 aliphatic heterocycles. The largest absolute Gasteiger partial charge is 0.460 e. The summed E-state index contributed by atoms with van der Waals surface area (Å²) in [5.74, 6) is 0.750. The SMILES string of the molecule is CC(C)(C)OC(=O)C[C@@H](Cc1cccc(N(CCCl)CCCl)c1)NBC=O. The van der Waals surface area contributed by atoms with Crippen LogP contribution in [0.5, 0.6) is 0 Å². The molecule has 1 rings (SSSR count). The van der Waals surface area contributed by atoms with Crippen LogP contribution in [0.3, 0.4) is 0 Å². The van der Waals surface area contributed by atoms with Gasteiger partial charge in [-0.1, -0.05) is 12.1 Å². The maximum atomic E-state index is 12.2. The van der Waals surface area contributed by atoms with Crippen LogP contribution in [0.1, 0.15) is 32.8 Å². The smallest absolute Gasteiger partial charge is 0.307 e. The first-order chi connectivity index (χ1) is 12.8. The van der Waals surface area contributed by atoms with Crippen molar-refractivity contribution >= 4 is 48.5 Å². The molecular formula is C19H29BCl2N2O3. The van der Waals surface area contributed by atoms with Crippen molar-refractivity contribution in [2.45, 2.75) is 45.3 Å². The highest BCUT2D eigenvalue weighted by Crippen LogP contribution is 2.19. The molecule has 0 aliphatic carbocycles. The molecule has 5 nitrogen and oxygen atoms in total. The molecule has 0 saturated carbocycles. The number of esters is 1. The van der Waals surface area contributed by atoms with Gasteiger partial charge in [-0.25, -0.2) is 0 Å². The number of rotatable bonds is 12. The zero-order valence-corrected chi connectivity index (χ0v) is 17.9. The summed E-state index contributed by atoms with van der Waals surface area (Å²) in [4.78, 5) is 25.1. The minimum absolute atomic E-state index is 0.185. The number of halogens is 2. The normalized spacial score (nSPS) is 12.3. The predicted octanol–water partition coefficient (Wildman–Crippen LogP) is 2.74. The number of carbonyl (C=O) groups is 2. The second kappa shape index (κ2) is 12.3. The Kier molecular flexibility index (Phi) is 10.8. The number of benzene rings is 1. The van der Waals surface area contributed by atoms with E-state index in [-0.39, 0.29) is 25.8 Å². The number of ether oxygens (including phenoxy) is 1. The van der Waals surface area contributed by atoms with E-state index >= 15 is 0 Å². The molecule has 0 aliphatic rings. The van der Waals surface area contributed by atoms with E-state index in [4.69, 9.17) is 27.9 Å². The van der Waals surface area contributed by atoms with Crippen molar-refractivity contribution < 1.29 is 14.3 Å². The van der Waals surface area contributed by atoms with E-state index in [0.29, 0.717) is 31.3 Å². The lowest BCUT2D eigenvalue weighted by Gasteiger charge is -2.25. The van der Waals surface area contributed by atoms with Crippen molar-refractivity contribution in [3.8, 4) is 0 Å². The topological polar surface area (TPSA) is 58.6 Å². The van der Waals surface area contributed by atoms with Crippen molar-refractivity contribution in [3.63, 3.8) is 0 Å². The summed E-state index contributed by atoms with van der Waals surface area (Å²) in [5, 5.41) is 3.11. The first kappa shape index (κ1) is 23.8. The third kappa shape index (κ3) is 10.0. The Hall–Kier alpha value is -1.24. The highest BCUT2D eigenvalue weighted by molar-refractivity contribution is 6.64. The van der Waals surface area contributed by atoms with Gasteiger partial charge in [-0.05, 0) is 44.9 Å². The Morgan fingerprint density at radius 1 is 1.30 bits per heavy atom. The zero-order valence-electron chi connectivity index (χ0n) is 16.3. The number of nitrogens with one attached hydrogen (secondary N) is 1. The first-order valence-corrected chi connectivity index (χ1v) is 10.2. The summed E-state index contributed by atoms with van der Waals surface area (Å²) in [7, 11) is 0.192. The number of alkyl halides is 2. The summed E-state index contributed by atoms with van der Waals surface area (Å²) >= 11 is 11.8. The van der Waals surface area contributed by atoms with E-state index in [0.717, 1.165) is 17.4 Å². The van der Waals surface area contributed by atoms with Gasteiger partial charge in [0, 0.05) is 36.6 Å². The van der Waals surface area contributed by atoms with Crippen molar-refractivity contribution in [3.05, 3.63) is 29.8 Å². The number of anilines is 1. The van der Waals surface area contributed by atoms with Crippen LogP contribution in [0, 0.1) is 0 Å². The summed E-state index contributed by atoms with van der Waals surface area (Å²) < 4.78 is 5.41.